The van der Waals surface area contributed by atoms with E-state index in [0.29, 0.717) is 0 Å². The molecule has 0 aliphatic heterocycles. The molecule has 0 bridgehead atoms. The summed E-state index contributed by atoms with van der Waals surface area (Å²) < 4.78 is 2.33. The van der Waals surface area contributed by atoms with Gasteiger partial charge < -0.3 is 9.88 Å². The quantitative estimate of drug-likeness (QED) is 0.817. The monoisotopic (exact) mass is 244 g/mol. The lowest BCUT2D eigenvalue weighted by Crippen LogP contribution is -2.16. The molecular formula is C16H24N2. The third kappa shape index (κ3) is 2.17. The molecule has 0 radical (unpaired) electrons. The van der Waals surface area contributed by atoms with Gasteiger partial charge in [0.05, 0.1) is 0 Å². The molecule has 0 aliphatic carbocycles. The summed E-state index contributed by atoms with van der Waals surface area (Å²) in [5.41, 5.74) is 7.03. The molecule has 0 atom stereocenters. The molecule has 2 heteroatoms. The Kier molecular flexibility index (Phi) is 3.76. The number of fused-ring (bicyclic) bond motifs is 1. The van der Waals surface area contributed by atoms with Crippen LogP contribution in [0.1, 0.15) is 29.3 Å². The largest absolute Gasteiger partial charge is 0.348 e. The summed E-state index contributed by atoms with van der Waals surface area (Å²) in [6, 6.07) is 4.59. The lowest BCUT2D eigenvalue weighted by atomic mass is 10.0. The molecular weight excluding hydrogens is 220 g/mol. The van der Waals surface area contributed by atoms with Crippen molar-refractivity contribution in [1.82, 2.24) is 9.88 Å². The second-order valence-corrected chi connectivity index (χ2v) is 5.20. The van der Waals surface area contributed by atoms with Crippen molar-refractivity contribution in [2.45, 2.75) is 34.1 Å². The molecule has 0 saturated heterocycles. The van der Waals surface area contributed by atoms with E-state index in [1.807, 2.05) is 0 Å². The second kappa shape index (κ2) is 5.15. The van der Waals surface area contributed by atoms with Crippen molar-refractivity contribution in [2.75, 3.05) is 13.1 Å². The van der Waals surface area contributed by atoms with Crippen LogP contribution in [0.3, 0.4) is 0 Å². The Bertz CT molecular complexity index is 564. The first kappa shape index (κ1) is 13.2. The van der Waals surface area contributed by atoms with E-state index in [1.54, 1.807) is 0 Å². The molecule has 0 unspecified atom stereocenters. The third-order valence-electron chi connectivity index (χ3n) is 3.86. The van der Waals surface area contributed by atoms with Crippen LogP contribution < -0.4 is 5.32 Å². The highest BCUT2D eigenvalue weighted by atomic mass is 14.9. The number of likely N-dealkylation sites (N-methyl/N-ethyl adjacent to an activating group) is 1. The normalized spacial score (nSPS) is 11.4. The van der Waals surface area contributed by atoms with Crippen LogP contribution in [0.15, 0.2) is 12.1 Å². The van der Waals surface area contributed by atoms with Gasteiger partial charge in [0.2, 0.25) is 0 Å². The zero-order chi connectivity index (χ0) is 13.3. The van der Waals surface area contributed by atoms with Gasteiger partial charge in [-0.05, 0) is 63.0 Å². The highest BCUT2D eigenvalue weighted by molar-refractivity contribution is 5.89. The van der Waals surface area contributed by atoms with Gasteiger partial charge in [0, 0.05) is 23.6 Å². The Morgan fingerprint density at radius 3 is 2.56 bits per heavy atom. The van der Waals surface area contributed by atoms with Gasteiger partial charge in [0.25, 0.3) is 0 Å². The number of hydrogen-bond donors (Lipinski definition) is 1. The number of hydrogen-bond acceptors (Lipinski definition) is 1. The van der Waals surface area contributed by atoms with Crippen molar-refractivity contribution in [3.05, 3.63) is 34.5 Å². The van der Waals surface area contributed by atoms with Crippen molar-refractivity contribution in [3.63, 3.8) is 0 Å². The van der Waals surface area contributed by atoms with Crippen LogP contribution in [0.5, 0.6) is 0 Å². The van der Waals surface area contributed by atoms with Crippen LogP contribution in [0.4, 0.5) is 0 Å². The SMILES string of the molecule is CCNCCc1c(C)n(C)c2cc(C)cc(C)c12. The Morgan fingerprint density at radius 2 is 1.89 bits per heavy atom. The molecule has 2 aromatic rings. The minimum absolute atomic E-state index is 1.04. The summed E-state index contributed by atoms with van der Waals surface area (Å²) in [6.07, 6.45) is 1.11. The summed E-state index contributed by atoms with van der Waals surface area (Å²) in [5.74, 6) is 0. The molecule has 0 amide bonds. The van der Waals surface area contributed by atoms with Crippen LogP contribution in [0.2, 0.25) is 0 Å². The third-order valence-corrected chi connectivity index (χ3v) is 3.86. The van der Waals surface area contributed by atoms with Crippen LogP contribution in [-0.4, -0.2) is 17.7 Å². The molecule has 2 rings (SSSR count). The van der Waals surface area contributed by atoms with Crippen molar-refractivity contribution in [3.8, 4) is 0 Å². The van der Waals surface area contributed by atoms with Crippen LogP contribution in [0.25, 0.3) is 10.9 Å². The van der Waals surface area contributed by atoms with Crippen LogP contribution in [-0.2, 0) is 13.5 Å². The minimum atomic E-state index is 1.04. The van der Waals surface area contributed by atoms with Gasteiger partial charge in [-0.2, -0.15) is 0 Å². The summed E-state index contributed by atoms with van der Waals surface area (Å²) >= 11 is 0. The number of benzene rings is 1. The molecule has 0 spiro atoms. The summed E-state index contributed by atoms with van der Waals surface area (Å²) in [7, 11) is 2.17. The molecule has 1 aromatic carbocycles. The van der Waals surface area contributed by atoms with Crippen LogP contribution in [0, 0.1) is 20.8 Å². The zero-order valence-corrected chi connectivity index (χ0v) is 12.2. The van der Waals surface area contributed by atoms with Gasteiger partial charge in [-0.15, -0.1) is 0 Å². The number of aryl methyl sites for hydroxylation is 3. The Hall–Kier alpha value is -1.28. The Labute approximate surface area is 110 Å². The van der Waals surface area contributed by atoms with Gasteiger partial charge in [-0.3, -0.25) is 0 Å². The fourth-order valence-corrected chi connectivity index (χ4v) is 2.86. The van der Waals surface area contributed by atoms with E-state index in [9.17, 15) is 0 Å². The Balaban J connectivity index is 2.55. The molecule has 1 heterocycles. The standard InChI is InChI=1S/C16H24N2/c1-6-17-8-7-14-13(4)18(5)15-10-11(2)9-12(3)16(14)15/h9-10,17H,6-8H2,1-5H3. The molecule has 1 N–H and O–H groups in total. The van der Waals surface area contributed by atoms with Crippen molar-refractivity contribution >= 4 is 10.9 Å². The van der Waals surface area contributed by atoms with E-state index in [-0.39, 0.29) is 0 Å². The van der Waals surface area contributed by atoms with Gasteiger partial charge in [-0.1, -0.05) is 13.0 Å². The van der Waals surface area contributed by atoms with Gasteiger partial charge in [0.1, 0.15) is 0 Å². The summed E-state index contributed by atoms with van der Waals surface area (Å²) in [5, 5.41) is 4.88. The van der Waals surface area contributed by atoms with Gasteiger partial charge in [-0.25, -0.2) is 0 Å². The van der Waals surface area contributed by atoms with E-state index in [1.165, 1.54) is 33.3 Å². The first-order chi connectivity index (χ1) is 8.56. The van der Waals surface area contributed by atoms with Crippen molar-refractivity contribution < 1.29 is 0 Å². The highest BCUT2D eigenvalue weighted by Crippen LogP contribution is 2.29. The molecule has 0 saturated carbocycles. The predicted octanol–water partition coefficient (Wildman–Crippen LogP) is 3.26. The van der Waals surface area contributed by atoms with Gasteiger partial charge in [0.15, 0.2) is 0 Å². The first-order valence-corrected chi connectivity index (χ1v) is 6.82. The predicted molar refractivity (Wildman–Crippen MR) is 79.4 cm³/mol. The topological polar surface area (TPSA) is 17.0 Å². The smallest absolute Gasteiger partial charge is 0.0488 e. The van der Waals surface area contributed by atoms with E-state index >= 15 is 0 Å². The average molecular weight is 244 g/mol. The number of nitrogens with zero attached hydrogens (tertiary/aromatic N) is 1. The van der Waals surface area contributed by atoms with E-state index in [0.717, 1.165) is 19.5 Å². The second-order valence-electron chi connectivity index (χ2n) is 5.20. The number of aromatic nitrogens is 1. The zero-order valence-electron chi connectivity index (χ0n) is 12.2. The highest BCUT2D eigenvalue weighted by Gasteiger charge is 2.13. The summed E-state index contributed by atoms with van der Waals surface area (Å²) in [6.45, 7) is 10.9. The fourth-order valence-electron chi connectivity index (χ4n) is 2.86. The maximum Gasteiger partial charge on any atom is 0.0488 e. The molecule has 0 aliphatic rings. The lowest BCUT2D eigenvalue weighted by Gasteiger charge is -2.05. The van der Waals surface area contributed by atoms with Crippen molar-refractivity contribution in [2.24, 2.45) is 7.05 Å². The minimum Gasteiger partial charge on any atom is -0.348 e. The van der Waals surface area contributed by atoms with Crippen LogP contribution >= 0.6 is 0 Å². The molecule has 0 fully saturated rings. The fraction of sp³-hybridized carbons (Fsp3) is 0.500. The molecule has 98 valence electrons. The maximum atomic E-state index is 3.42. The van der Waals surface area contributed by atoms with Gasteiger partial charge >= 0.3 is 0 Å². The number of nitrogens with one attached hydrogen (secondary N) is 1. The van der Waals surface area contributed by atoms with E-state index in [4.69, 9.17) is 0 Å². The molecule has 18 heavy (non-hydrogen) atoms. The number of rotatable bonds is 4. The lowest BCUT2D eigenvalue weighted by molar-refractivity contribution is 0.714. The average Bonchev–Trinajstić information content (AvgIpc) is 2.55. The maximum absolute atomic E-state index is 3.42. The summed E-state index contributed by atoms with van der Waals surface area (Å²) in [4.78, 5) is 0. The van der Waals surface area contributed by atoms with E-state index in [2.05, 4.69) is 56.8 Å². The van der Waals surface area contributed by atoms with Crippen molar-refractivity contribution in [1.29, 1.82) is 0 Å². The molecule has 1 aromatic heterocycles. The molecule has 2 nitrogen and oxygen atoms in total. The van der Waals surface area contributed by atoms with E-state index < -0.39 is 0 Å². The first-order valence-electron chi connectivity index (χ1n) is 6.82. The Morgan fingerprint density at radius 1 is 1.17 bits per heavy atom.